The van der Waals surface area contributed by atoms with Crippen molar-refractivity contribution < 1.29 is 24.4 Å². The summed E-state index contributed by atoms with van der Waals surface area (Å²) in [6, 6.07) is 19.1. The zero-order chi connectivity index (χ0) is 18.4. The van der Waals surface area contributed by atoms with E-state index in [4.69, 9.17) is 14.2 Å². The first-order valence-electron chi connectivity index (χ1n) is 8.95. The summed E-state index contributed by atoms with van der Waals surface area (Å²) in [7, 11) is 0. The van der Waals surface area contributed by atoms with Crippen molar-refractivity contribution >= 4 is 0 Å². The van der Waals surface area contributed by atoms with E-state index in [2.05, 4.69) is 0 Å². The monoisotopic (exact) mass is 358 g/mol. The van der Waals surface area contributed by atoms with Gasteiger partial charge in [0.05, 0.1) is 32.0 Å². The average molecular weight is 358 g/mol. The first kappa shape index (κ1) is 19.0. The van der Waals surface area contributed by atoms with E-state index in [0.717, 1.165) is 5.56 Å². The molecule has 0 aromatic heterocycles. The van der Waals surface area contributed by atoms with Crippen LogP contribution in [0.25, 0.3) is 0 Å². The van der Waals surface area contributed by atoms with Gasteiger partial charge in [-0.25, -0.2) is 0 Å². The third-order valence-corrected chi connectivity index (χ3v) is 4.75. The zero-order valence-electron chi connectivity index (χ0n) is 14.9. The molecule has 0 saturated carbocycles. The van der Waals surface area contributed by atoms with Crippen LogP contribution in [0.3, 0.4) is 0 Å². The van der Waals surface area contributed by atoms with Gasteiger partial charge < -0.3 is 24.4 Å². The summed E-state index contributed by atoms with van der Waals surface area (Å²) in [6.07, 6.45) is -2.27. The number of rotatable bonds is 7. The van der Waals surface area contributed by atoms with Crippen molar-refractivity contribution in [1.82, 2.24) is 0 Å². The van der Waals surface area contributed by atoms with E-state index in [1.165, 1.54) is 0 Å². The molecule has 0 spiro atoms. The fourth-order valence-electron chi connectivity index (χ4n) is 3.16. The normalized spacial score (nSPS) is 27.2. The van der Waals surface area contributed by atoms with Gasteiger partial charge in [-0.1, -0.05) is 67.6 Å². The van der Waals surface area contributed by atoms with Crippen LogP contribution in [0.2, 0.25) is 0 Å². The maximum absolute atomic E-state index is 10.3. The number of aliphatic hydroxyl groups excluding tert-OH is 2. The molecule has 5 nitrogen and oxygen atoms in total. The molecule has 5 heteroatoms. The molecule has 5 atom stereocenters. The van der Waals surface area contributed by atoms with Crippen molar-refractivity contribution in [3.63, 3.8) is 0 Å². The Balaban J connectivity index is 1.53. The molecule has 0 bridgehead atoms. The lowest BCUT2D eigenvalue weighted by molar-refractivity contribution is -0.207. The predicted molar refractivity (Wildman–Crippen MR) is 97.3 cm³/mol. The molecule has 2 aromatic rings. The van der Waals surface area contributed by atoms with E-state index in [1.807, 2.05) is 67.6 Å². The summed E-state index contributed by atoms with van der Waals surface area (Å²) in [6.45, 7) is 2.84. The lowest BCUT2D eigenvalue weighted by Gasteiger charge is -2.39. The van der Waals surface area contributed by atoms with Gasteiger partial charge in [-0.3, -0.25) is 0 Å². The Hall–Kier alpha value is -1.76. The van der Waals surface area contributed by atoms with Gasteiger partial charge in [0.2, 0.25) is 0 Å². The molecule has 1 aliphatic heterocycles. The molecular weight excluding hydrogens is 332 g/mol. The largest absolute Gasteiger partial charge is 0.388 e. The van der Waals surface area contributed by atoms with Gasteiger partial charge in [-0.05, 0) is 5.56 Å². The number of hydrogen-bond donors (Lipinski definition) is 2. The maximum Gasteiger partial charge on any atom is 0.181 e. The fraction of sp³-hybridized carbons (Fsp3) is 0.429. The van der Waals surface area contributed by atoms with E-state index < -0.39 is 12.4 Å². The lowest BCUT2D eigenvalue weighted by Crippen LogP contribution is -2.50. The lowest BCUT2D eigenvalue weighted by atomic mass is 9.91. The highest BCUT2D eigenvalue weighted by molar-refractivity contribution is 5.15. The highest BCUT2D eigenvalue weighted by Gasteiger charge is 2.38. The van der Waals surface area contributed by atoms with Crippen LogP contribution in [0.15, 0.2) is 60.7 Å². The van der Waals surface area contributed by atoms with Crippen LogP contribution >= 0.6 is 0 Å². The highest BCUT2D eigenvalue weighted by atomic mass is 16.6. The van der Waals surface area contributed by atoms with Crippen LogP contribution < -0.4 is 0 Å². The second kappa shape index (κ2) is 9.26. The topological polar surface area (TPSA) is 68.2 Å². The molecule has 2 aromatic carbocycles. The Kier molecular flexibility index (Phi) is 6.77. The second-order valence-corrected chi connectivity index (χ2v) is 6.66. The molecule has 3 rings (SSSR count). The average Bonchev–Trinajstić information content (AvgIpc) is 2.68. The van der Waals surface area contributed by atoms with E-state index in [0.29, 0.717) is 12.2 Å². The second-order valence-electron chi connectivity index (χ2n) is 6.66. The first-order valence-corrected chi connectivity index (χ1v) is 8.95. The van der Waals surface area contributed by atoms with E-state index in [1.54, 1.807) is 0 Å². The Bertz CT molecular complexity index is 648. The molecule has 26 heavy (non-hydrogen) atoms. The molecule has 1 aliphatic rings. The van der Waals surface area contributed by atoms with Crippen molar-refractivity contribution in [3.05, 3.63) is 71.8 Å². The highest BCUT2D eigenvalue weighted by Crippen LogP contribution is 2.26. The van der Waals surface area contributed by atoms with Gasteiger partial charge in [0, 0.05) is 11.5 Å². The van der Waals surface area contributed by atoms with Crippen molar-refractivity contribution in [2.75, 3.05) is 13.2 Å². The molecule has 1 heterocycles. The van der Waals surface area contributed by atoms with Crippen LogP contribution in [-0.2, 0) is 20.8 Å². The molecule has 0 radical (unpaired) electrons. The van der Waals surface area contributed by atoms with Crippen LogP contribution in [0, 0.1) is 5.92 Å². The first-order chi connectivity index (χ1) is 12.6. The Labute approximate surface area is 154 Å². The summed E-state index contributed by atoms with van der Waals surface area (Å²) in [5, 5.41) is 20.4. The summed E-state index contributed by atoms with van der Waals surface area (Å²) in [5.74, 6) is -0.0644. The molecule has 1 fully saturated rings. The van der Waals surface area contributed by atoms with Crippen molar-refractivity contribution in [2.45, 2.75) is 38.1 Å². The standard InChI is InChI=1S/C21H26O5/c1-15-19(14-26-21(23)17-10-6-3-7-11-17)24-13-18(22)20(15)25-12-16-8-4-2-5-9-16/h2-11,15,18-23H,12-14H2,1H3. The van der Waals surface area contributed by atoms with Crippen LogP contribution in [0.1, 0.15) is 24.3 Å². The maximum atomic E-state index is 10.3. The predicted octanol–water partition coefficient (Wildman–Crippen LogP) is 2.68. The van der Waals surface area contributed by atoms with Crippen LogP contribution in [-0.4, -0.2) is 41.7 Å². The summed E-state index contributed by atoms with van der Waals surface area (Å²) in [4.78, 5) is 0. The summed E-state index contributed by atoms with van der Waals surface area (Å²) < 4.78 is 17.2. The number of hydrogen-bond acceptors (Lipinski definition) is 5. The quantitative estimate of drug-likeness (QED) is 0.745. The molecule has 2 N–H and O–H groups in total. The molecule has 1 saturated heterocycles. The molecule has 5 unspecified atom stereocenters. The SMILES string of the molecule is CC1C(COC(O)c2ccccc2)OCC(O)C1OCc1ccccc1. The van der Waals surface area contributed by atoms with Gasteiger partial charge in [-0.15, -0.1) is 0 Å². The zero-order valence-corrected chi connectivity index (χ0v) is 14.9. The minimum atomic E-state index is -0.998. The molecule has 0 aliphatic carbocycles. The molecular formula is C21H26O5. The van der Waals surface area contributed by atoms with Gasteiger partial charge in [0.25, 0.3) is 0 Å². The van der Waals surface area contributed by atoms with Crippen molar-refractivity contribution in [2.24, 2.45) is 5.92 Å². The molecule has 140 valence electrons. The van der Waals surface area contributed by atoms with E-state index in [9.17, 15) is 10.2 Å². The third kappa shape index (κ3) is 4.90. The minimum absolute atomic E-state index is 0.0644. The number of benzene rings is 2. The van der Waals surface area contributed by atoms with Crippen molar-refractivity contribution in [1.29, 1.82) is 0 Å². The fourth-order valence-corrected chi connectivity index (χ4v) is 3.16. The van der Waals surface area contributed by atoms with E-state index in [-0.39, 0.29) is 31.3 Å². The third-order valence-electron chi connectivity index (χ3n) is 4.75. The van der Waals surface area contributed by atoms with Gasteiger partial charge >= 0.3 is 0 Å². The molecule has 0 amide bonds. The van der Waals surface area contributed by atoms with Crippen molar-refractivity contribution in [3.8, 4) is 0 Å². The van der Waals surface area contributed by atoms with Gasteiger partial charge in [-0.2, -0.15) is 0 Å². The minimum Gasteiger partial charge on any atom is -0.388 e. The smallest absolute Gasteiger partial charge is 0.181 e. The summed E-state index contributed by atoms with van der Waals surface area (Å²) >= 11 is 0. The van der Waals surface area contributed by atoms with Gasteiger partial charge in [0.15, 0.2) is 6.29 Å². The summed E-state index contributed by atoms with van der Waals surface area (Å²) in [5.41, 5.74) is 1.76. The van der Waals surface area contributed by atoms with Crippen LogP contribution in [0.5, 0.6) is 0 Å². The van der Waals surface area contributed by atoms with Gasteiger partial charge in [0.1, 0.15) is 6.10 Å². The van der Waals surface area contributed by atoms with E-state index >= 15 is 0 Å². The number of ether oxygens (including phenoxy) is 3. The Morgan fingerprint density at radius 1 is 1.08 bits per heavy atom. The Morgan fingerprint density at radius 3 is 2.42 bits per heavy atom. The Morgan fingerprint density at radius 2 is 1.73 bits per heavy atom. The van der Waals surface area contributed by atoms with Crippen LogP contribution in [0.4, 0.5) is 0 Å². The number of aliphatic hydroxyl groups is 2.